The van der Waals surface area contributed by atoms with E-state index in [1.54, 1.807) is 22.9 Å². The van der Waals surface area contributed by atoms with E-state index in [0.717, 1.165) is 25.9 Å². The minimum Gasteiger partial charge on any atom is -0.481 e. The molecule has 0 aliphatic carbocycles. The first-order chi connectivity index (χ1) is 11.2. The number of halogens is 2. The second-order valence-corrected chi connectivity index (χ2v) is 5.08. The third-order valence-electron chi connectivity index (χ3n) is 3.63. The molecule has 124 valence electrons. The van der Waals surface area contributed by atoms with Gasteiger partial charge >= 0.3 is 6.61 Å². The molecule has 3 rings (SSSR count). The summed E-state index contributed by atoms with van der Waals surface area (Å²) in [5, 5.41) is 8.16. The normalized spacial score (nSPS) is 14.7. The van der Waals surface area contributed by atoms with E-state index >= 15 is 0 Å². The monoisotopic (exact) mass is 325 g/mol. The average molecular weight is 325 g/mol. The van der Waals surface area contributed by atoms with E-state index < -0.39 is 6.61 Å². The van der Waals surface area contributed by atoms with Crippen LogP contribution >= 0.6 is 0 Å². The van der Waals surface area contributed by atoms with Crippen LogP contribution in [0.3, 0.4) is 0 Å². The van der Waals surface area contributed by atoms with E-state index in [1.807, 2.05) is 0 Å². The van der Waals surface area contributed by atoms with Crippen LogP contribution in [0.15, 0.2) is 18.3 Å². The topological polar surface area (TPSA) is 65.3 Å². The van der Waals surface area contributed by atoms with Gasteiger partial charge in [-0.05, 0) is 18.9 Å². The molecule has 0 bridgehead atoms. The van der Waals surface area contributed by atoms with Gasteiger partial charge in [-0.1, -0.05) is 0 Å². The third kappa shape index (κ3) is 3.39. The van der Waals surface area contributed by atoms with Crippen molar-refractivity contribution in [3.63, 3.8) is 0 Å². The van der Waals surface area contributed by atoms with E-state index in [1.165, 1.54) is 7.11 Å². The Labute approximate surface area is 131 Å². The van der Waals surface area contributed by atoms with Gasteiger partial charge in [-0.2, -0.15) is 8.78 Å². The average Bonchev–Trinajstić information content (AvgIpc) is 3.22. The Morgan fingerprint density at radius 1 is 1.22 bits per heavy atom. The molecule has 1 aliphatic heterocycles. The standard InChI is InChI=1S/C14H17F2N5O2/c1-22-12-5-4-10(8-17-12)21-11(9-23-13(15)16)18-19-14(21)20-6-2-3-7-20/h4-5,8,13H,2-3,6-7,9H2,1H3. The number of ether oxygens (including phenoxy) is 2. The molecule has 0 N–H and O–H groups in total. The van der Waals surface area contributed by atoms with Crippen molar-refractivity contribution in [2.45, 2.75) is 26.1 Å². The SMILES string of the molecule is COc1ccc(-n2c(COC(F)F)nnc2N2CCCC2)cn1. The molecule has 1 aliphatic rings. The van der Waals surface area contributed by atoms with Crippen LogP contribution in [0.4, 0.5) is 14.7 Å². The smallest absolute Gasteiger partial charge is 0.345 e. The van der Waals surface area contributed by atoms with Crippen LogP contribution < -0.4 is 9.64 Å². The van der Waals surface area contributed by atoms with Crippen molar-refractivity contribution in [2.75, 3.05) is 25.1 Å². The molecule has 7 nitrogen and oxygen atoms in total. The quantitative estimate of drug-likeness (QED) is 0.809. The van der Waals surface area contributed by atoms with Crippen molar-refractivity contribution in [3.8, 4) is 11.6 Å². The summed E-state index contributed by atoms with van der Waals surface area (Å²) in [6.07, 6.45) is 3.72. The van der Waals surface area contributed by atoms with Crippen molar-refractivity contribution in [2.24, 2.45) is 0 Å². The molecule has 0 aromatic carbocycles. The maximum atomic E-state index is 12.3. The lowest BCUT2D eigenvalue weighted by molar-refractivity contribution is -0.139. The summed E-state index contributed by atoms with van der Waals surface area (Å²) in [6, 6.07) is 3.47. The number of rotatable bonds is 6. The van der Waals surface area contributed by atoms with Crippen molar-refractivity contribution >= 4 is 5.95 Å². The highest BCUT2D eigenvalue weighted by molar-refractivity contribution is 5.44. The van der Waals surface area contributed by atoms with E-state index in [9.17, 15) is 8.78 Å². The van der Waals surface area contributed by atoms with Gasteiger partial charge in [0.1, 0.15) is 6.61 Å². The van der Waals surface area contributed by atoms with Gasteiger partial charge in [0, 0.05) is 19.2 Å². The Balaban J connectivity index is 1.96. The first kappa shape index (κ1) is 15.6. The number of aromatic nitrogens is 4. The minimum atomic E-state index is -2.86. The zero-order valence-electron chi connectivity index (χ0n) is 12.7. The molecular weight excluding hydrogens is 308 g/mol. The fourth-order valence-electron chi connectivity index (χ4n) is 2.55. The molecule has 2 aromatic heterocycles. The van der Waals surface area contributed by atoms with Gasteiger partial charge in [-0.25, -0.2) is 4.98 Å². The zero-order chi connectivity index (χ0) is 16.2. The lowest BCUT2D eigenvalue weighted by atomic mass is 10.4. The highest BCUT2D eigenvalue weighted by atomic mass is 19.3. The third-order valence-corrected chi connectivity index (χ3v) is 3.63. The highest BCUT2D eigenvalue weighted by Gasteiger charge is 2.23. The molecule has 0 spiro atoms. The fraction of sp³-hybridized carbons (Fsp3) is 0.500. The molecule has 0 amide bonds. The number of nitrogens with zero attached hydrogens (tertiary/aromatic N) is 5. The van der Waals surface area contributed by atoms with Crippen molar-refractivity contribution in [3.05, 3.63) is 24.2 Å². The molecule has 1 fully saturated rings. The number of pyridine rings is 1. The number of hydrogen-bond acceptors (Lipinski definition) is 6. The number of methoxy groups -OCH3 is 1. The molecule has 2 aromatic rings. The van der Waals surface area contributed by atoms with E-state index in [4.69, 9.17) is 4.74 Å². The van der Waals surface area contributed by atoms with Gasteiger partial charge in [0.15, 0.2) is 5.82 Å². The Kier molecular flexibility index (Phi) is 4.65. The van der Waals surface area contributed by atoms with Crippen LogP contribution in [0.5, 0.6) is 5.88 Å². The fourth-order valence-corrected chi connectivity index (χ4v) is 2.55. The van der Waals surface area contributed by atoms with Crippen molar-refractivity contribution in [1.29, 1.82) is 0 Å². The van der Waals surface area contributed by atoms with Crippen molar-refractivity contribution < 1.29 is 18.3 Å². The lowest BCUT2D eigenvalue weighted by Gasteiger charge is -2.18. The predicted molar refractivity (Wildman–Crippen MR) is 77.9 cm³/mol. The molecule has 1 saturated heterocycles. The maximum absolute atomic E-state index is 12.3. The molecule has 0 radical (unpaired) electrons. The van der Waals surface area contributed by atoms with Gasteiger partial charge in [-0.3, -0.25) is 4.57 Å². The molecule has 0 unspecified atom stereocenters. The van der Waals surface area contributed by atoms with Gasteiger partial charge in [-0.15, -0.1) is 10.2 Å². The predicted octanol–water partition coefficient (Wildman–Crippen LogP) is 2.01. The van der Waals surface area contributed by atoms with Crippen molar-refractivity contribution in [1.82, 2.24) is 19.7 Å². The Morgan fingerprint density at radius 3 is 2.61 bits per heavy atom. The Morgan fingerprint density at radius 2 is 2.00 bits per heavy atom. The number of hydrogen-bond donors (Lipinski definition) is 0. The first-order valence-corrected chi connectivity index (χ1v) is 7.28. The van der Waals surface area contributed by atoms with Gasteiger partial charge < -0.3 is 14.4 Å². The number of anilines is 1. The molecule has 0 saturated carbocycles. The first-order valence-electron chi connectivity index (χ1n) is 7.28. The van der Waals surface area contributed by atoms with E-state index in [2.05, 4.69) is 24.8 Å². The number of alkyl halides is 2. The Bertz CT molecular complexity index is 641. The van der Waals surface area contributed by atoms with Crippen LogP contribution in [0.1, 0.15) is 18.7 Å². The molecule has 0 atom stereocenters. The highest BCUT2D eigenvalue weighted by Crippen LogP contribution is 2.24. The van der Waals surface area contributed by atoms with Crippen LogP contribution in [0.25, 0.3) is 5.69 Å². The second kappa shape index (κ2) is 6.86. The minimum absolute atomic E-state index is 0.305. The zero-order valence-corrected chi connectivity index (χ0v) is 12.7. The van der Waals surface area contributed by atoms with Crippen LogP contribution in [0.2, 0.25) is 0 Å². The van der Waals surface area contributed by atoms with Gasteiger partial charge in [0.25, 0.3) is 0 Å². The Hall–Kier alpha value is -2.29. The van der Waals surface area contributed by atoms with Crippen LogP contribution in [0, 0.1) is 0 Å². The van der Waals surface area contributed by atoms with Crippen LogP contribution in [-0.4, -0.2) is 46.6 Å². The summed E-state index contributed by atoms with van der Waals surface area (Å²) in [4.78, 5) is 6.22. The van der Waals surface area contributed by atoms with E-state index in [-0.39, 0.29) is 6.61 Å². The van der Waals surface area contributed by atoms with Gasteiger partial charge in [0.05, 0.1) is 19.0 Å². The van der Waals surface area contributed by atoms with E-state index in [0.29, 0.717) is 23.3 Å². The molecule has 23 heavy (non-hydrogen) atoms. The molecule has 9 heteroatoms. The summed E-state index contributed by atoms with van der Waals surface area (Å²) in [5.41, 5.74) is 0.672. The summed E-state index contributed by atoms with van der Waals surface area (Å²) in [7, 11) is 1.53. The largest absolute Gasteiger partial charge is 0.481 e. The molecule has 3 heterocycles. The summed E-state index contributed by atoms with van der Waals surface area (Å²) < 4.78 is 35.8. The summed E-state index contributed by atoms with van der Waals surface area (Å²) in [5.74, 6) is 1.39. The van der Waals surface area contributed by atoms with Crippen LogP contribution in [-0.2, 0) is 11.3 Å². The molecular formula is C14H17F2N5O2. The second-order valence-electron chi connectivity index (χ2n) is 5.08. The van der Waals surface area contributed by atoms with Gasteiger partial charge in [0.2, 0.25) is 11.8 Å². The maximum Gasteiger partial charge on any atom is 0.345 e. The summed E-state index contributed by atoms with van der Waals surface area (Å²) >= 11 is 0. The lowest BCUT2D eigenvalue weighted by Crippen LogP contribution is -2.22. The summed E-state index contributed by atoms with van der Waals surface area (Å²) in [6.45, 7) is -1.47.